The number of rotatable bonds is 7. The van der Waals surface area contributed by atoms with Crippen molar-refractivity contribution in [2.75, 3.05) is 0 Å². The Morgan fingerprint density at radius 2 is 0.863 bits per heavy atom. The molecule has 8 rings (SSSR count). The molecule has 6 aromatic carbocycles. The molecule has 2 aliphatic rings. The van der Waals surface area contributed by atoms with E-state index in [1.807, 2.05) is 12.1 Å². The van der Waals surface area contributed by atoms with Crippen molar-refractivity contribution in [3.8, 4) is 51.7 Å². The Hall–Kier alpha value is -6.48. The van der Waals surface area contributed by atoms with Gasteiger partial charge in [0.25, 0.3) is 0 Å². The van der Waals surface area contributed by atoms with E-state index in [0.29, 0.717) is 41.0 Å². The minimum atomic E-state index is -0.676. The second kappa shape index (κ2) is 12.4. The minimum absolute atomic E-state index is 0.0320. The molecule has 9 nitrogen and oxygen atoms in total. The molecule has 0 spiro atoms. The first-order valence-corrected chi connectivity index (χ1v) is 16.6. The molecule has 0 radical (unpaired) electrons. The molecule has 0 fully saturated rings. The predicted octanol–water partition coefficient (Wildman–Crippen LogP) is 7.94. The van der Waals surface area contributed by atoms with Crippen molar-refractivity contribution in [1.29, 1.82) is 0 Å². The molecule has 2 heterocycles. The third kappa shape index (κ3) is 5.93. The Bertz CT molecular complexity index is 2230. The molecule has 0 amide bonds. The standard InChI is InChI=1S/C42H34O9/c43-27-9-2-22(3-10-27)1-4-25-15-32(48)20-35-37(25)40(42(50-35)24-7-13-29(45)14-8-24)34-19-33(49)21-36-39(34)38(26-16-30(46)18-31(47)17-26)41(51-36)23-5-11-28(44)12-6-23/h2-3,5-21,38,40-49H,1,4H2/t38-,40+,41+,42?/m1/s1. The number of phenolic OH excluding ortho intramolecular Hbond substituents is 7. The molecule has 0 saturated carbocycles. The maximum Gasteiger partial charge on any atom is 0.135 e. The molecular weight excluding hydrogens is 648 g/mol. The average Bonchev–Trinajstić information content (AvgIpc) is 3.67. The van der Waals surface area contributed by atoms with Crippen LogP contribution in [0, 0.1) is 0 Å². The van der Waals surface area contributed by atoms with Crippen molar-refractivity contribution < 1.29 is 45.2 Å². The van der Waals surface area contributed by atoms with Crippen molar-refractivity contribution in [2.24, 2.45) is 0 Å². The van der Waals surface area contributed by atoms with Crippen LogP contribution in [0.5, 0.6) is 51.7 Å². The molecular formula is C42H34O9. The van der Waals surface area contributed by atoms with Gasteiger partial charge in [-0.25, -0.2) is 0 Å². The van der Waals surface area contributed by atoms with Gasteiger partial charge < -0.3 is 45.2 Å². The van der Waals surface area contributed by atoms with E-state index >= 15 is 0 Å². The zero-order chi connectivity index (χ0) is 35.4. The molecule has 4 atom stereocenters. The highest BCUT2D eigenvalue weighted by atomic mass is 16.5. The number of aromatic hydroxyl groups is 7. The van der Waals surface area contributed by atoms with E-state index in [4.69, 9.17) is 9.47 Å². The second-order valence-electron chi connectivity index (χ2n) is 13.1. The van der Waals surface area contributed by atoms with Crippen LogP contribution in [0.15, 0.2) is 115 Å². The quantitative estimate of drug-likeness (QED) is 0.0887. The highest BCUT2D eigenvalue weighted by Gasteiger charge is 2.46. The Kier molecular flexibility index (Phi) is 7.75. The summed E-state index contributed by atoms with van der Waals surface area (Å²) in [6.07, 6.45) is -0.222. The second-order valence-corrected chi connectivity index (χ2v) is 13.1. The summed E-state index contributed by atoms with van der Waals surface area (Å²) in [5.41, 5.74) is 6.03. The van der Waals surface area contributed by atoms with Gasteiger partial charge in [-0.1, -0.05) is 36.4 Å². The van der Waals surface area contributed by atoms with Crippen LogP contribution in [-0.2, 0) is 12.8 Å². The highest BCUT2D eigenvalue weighted by molar-refractivity contribution is 5.64. The summed E-state index contributed by atoms with van der Waals surface area (Å²) in [5.74, 6) is -0.226. The molecule has 6 aromatic rings. The first kappa shape index (κ1) is 31.8. The molecule has 2 aliphatic heterocycles. The van der Waals surface area contributed by atoms with Crippen LogP contribution in [-0.4, -0.2) is 35.7 Å². The van der Waals surface area contributed by atoms with Crippen molar-refractivity contribution in [1.82, 2.24) is 0 Å². The molecule has 0 saturated heterocycles. The lowest BCUT2D eigenvalue weighted by Crippen LogP contribution is -2.16. The summed E-state index contributed by atoms with van der Waals surface area (Å²) in [6.45, 7) is 0. The molecule has 51 heavy (non-hydrogen) atoms. The number of hydrogen-bond acceptors (Lipinski definition) is 9. The number of hydrogen-bond donors (Lipinski definition) is 7. The van der Waals surface area contributed by atoms with E-state index in [0.717, 1.165) is 27.8 Å². The van der Waals surface area contributed by atoms with E-state index in [-0.39, 0.29) is 40.2 Å². The molecule has 0 bridgehead atoms. The van der Waals surface area contributed by atoms with E-state index in [1.54, 1.807) is 97.1 Å². The lowest BCUT2D eigenvalue weighted by Gasteiger charge is -2.26. The number of aryl methyl sites for hydroxylation is 2. The van der Waals surface area contributed by atoms with Gasteiger partial charge in [0.1, 0.15) is 64.0 Å². The van der Waals surface area contributed by atoms with Gasteiger partial charge in [-0.3, -0.25) is 0 Å². The fourth-order valence-corrected chi connectivity index (χ4v) is 7.61. The van der Waals surface area contributed by atoms with Crippen LogP contribution in [0.2, 0.25) is 0 Å². The predicted molar refractivity (Wildman–Crippen MR) is 188 cm³/mol. The molecule has 7 N–H and O–H groups in total. The van der Waals surface area contributed by atoms with Gasteiger partial charge in [-0.15, -0.1) is 0 Å². The summed E-state index contributed by atoms with van der Waals surface area (Å²) in [5, 5.41) is 73.5. The van der Waals surface area contributed by atoms with Crippen LogP contribution in [0.3, 0.4) is 0 Å². The van der Waals surface area contributed by atoms with Crippen molar-refractivity contribution in [3.63, 3.8) is 0 Å². The molecule has 1 unspecified atom stereocenters. The Morgan fingerprint density at radius 3 is 1.43 bits per heavy atom. The normalized spacial score (nSPS) is 18.8. The Labute approximate surface area is 293 Å². The van der Waals surface area contributed by atoms with Crippen molar-refractivity contribution in [3.05, 3.63) is 160 Å². The van der Waals surface area contributed by atoms with Gasteiger partial charge in [0.15, 0.2) is 0 Å². The molecule has 0 aromatic heterocycles. The summed E-state index contributed by atoms with van der Waals surface area (Å²) in [6, 6.07) is 31.2. The van der Waals surface area contributed by atoms with E-state index in [9.17, 15) is 35.7 Å². The van der Waals surface area contributed by atoms with Crippen LogP contribution < -0.4 is 9.47 Å². The SMILES string of the molecule is Oc1ccc(CCc2cc(O)cc3c2[C@H](c2cc(O)cc4c2[C@@H](c2cc(O)cc(O)c2)[C@H](c2ccc(O)cc2)O4)C(c2ccc(O)cc2)O3)cc1. The fraction of sp³-hybridized carbons (Fsp3) is 0.143. The van der Waals surface area contributed by atoms with E-state index < -0.39 is 24.0 Å². The molecule has 0 aliphatic carbocycles. The van der Waals surface area contributed by atoms with Gasteiger partial charge in [-0.2, -0.15) is 0 Å². The van der Waals surface area contributed by atoms with Crippen molar-refractivity contribution in [2.45, 2.75) is 36.9 Å². The van der Waals surface area contributed by atoms with Crippen LogP contribution >= 0.6 is 0 Å². The summed E-state index contributed by atoms with van der Waals surface area (Å²) in [4.78, 5) is 0. The van der Waals surface area contributed by atoms with E-state index in [1.165, 1.54) is 6.07 Å². The number of ether oxygens (including phenoxy) is 2. The third-order valence-corrected chi connectivity index (χ3v) is 9.79. The fourth-order valence-electron chi connectivity index (χ4n) is 7.61. The van der Waals surface area contributed by atoms with Gasteiger partial charge in [0.05, 0.1) is 11.8 Å². The van der Waals surface area contributed by atoms with Crippen LogP contribution in [0.1, 0.15) is 68.6 Å². The zero-order valence-corrected chi connectivity index (χ0v) is 27.1. The smallest absolute Gasteiger partial charge is 0.135 e. The minimum Gasteiger partial charge on any atom is -0.508 e. The number of fused-ring (bicyclic) bond motifs is 2. The monoisotopic (exact) mass is 682 g/mol. The number of phenols is 7. The third-order valence-electron chi connectivity index (χ3n) is 9.79. The summed E-state index contributed by atoms with van der Waals surface area (Å²) < 4.78 is 13.3. The largest absolute Gasteiger partial charge is 0.508 e. The summed E-state index contributed by atoms with van der Waals surface area (Å²) >= 11 is 0. The summed E-state index contributed by atoms with van der Waals surface area (Å²) in [7, 11) is 0. The first-order chi connectivity index (χ1) is 24.6. The first-order valence-electron chi connectivity index (χ1n) is 16.6. The van der Waals surface area contributed by atoms with E-state index in [2.05, 4.69) is 0 Å². The maximum absolute atomic E-state index is 11.3. The Balaban J connectivity index is 1.34. The van der Waals surface area contributed by atoms with Gasteiger partial charge in [-0.05, 0) is 107 Å². The lowest BCUT2D eigenvalue weighted by atomic mass is 9.75. The van der Waals surface area contributed by atoms with Crippen LogP contribution in [0.25, 0.3) is 0 Å². The van der Waals surface area contributed by atoms with Crippen LogP contribution in [0.4, 0.5) is 0 Å². The topological polar surface area (TPSA) is 160 Å². The van der Waals surface area contributed by atoms with Gasteiger partial charge >= 0.3 is 0 Å². The zero-order valence-electron chi connectivity index (χ0n) is 27.1. The van der Waals surface area contributed by atoms with Gasteiger partial charge in [0.2, 0.25) is 0 Å². The lowest BCUT2D eigenvalue weighted by molar-refractivity contribution is 0.219. The highest BCUT2D eigenvalue weighted by Crippen LogP contribution is 2.59. The molecule has 9 heteroatoms. The Morgan fingerprint density at radius 1 is 0.392 bits per heavy atom. The average molecular weight is 683 g/mol. The van der Waals surface area contributed by atoms with Crippen molar-refractivity contribution >= 4 is 0 Å². The van der Waals surface area contributed by atoms with Gasteiger partial charge in [0, 0.05) is 29.3 Å². The maximum atomic E-state index is 11.3. The molecule has 256 valence electrons. The number of benzene rings is 6.